The number of alkyl halides is 3. The number of hydrogen-bond donors (Lipinski definition) is 2. The van der Waals surface area contributed by atoms with Crippen LogP contribution in [0, 0.1) is 12.8 Å². The number of likely N-dealkylation sites (tertiary alicyclic amines) is 1. The van der Waals surface area contributed by atoms with Crippen molar-refractivity contribution < 1.29 is 27.5 Å². The molecule has 190 valence electrons. The zero-order valence-electron chi connectivity index (χ0n) is 19.9. The Balaban J connectivity index is 1.51. The van der Waals surface area contributed by atoms with Gasteiger partial charge in [-0.25, -0.2) is 23.1 Å². The van der Waals surface area contributed by atoms with Crippen LogP contribution in [0.5, 0.6) is 5.75 Å². The maximum Gasteiger partial charge on any atom is 0.263 e. The molecule has 5 rings (SSSR count). The predicted octanol–water partition coefficient (Wildman–Crippen LogP) is 3.96. The molecule has 2 fully saturated rings. The van der Waals surface area contributed by atoms with Crippen molar-refractivity contribution in [2.45, 2.75) is 45.3 Å². The monoisotopic (exact) mass is 501 g/mol. The minimum Gasteiger partial charge on any atom is -0.493 e. The van der Waals surface area contributed by atoms with Gasteiger partial charge >= 0.3 is 0 Å². The van der Waals surface area contributed by atoms with Crippen LogP contribution in [0.1, 0.15) is 47.8 Å². The number of hydrogen-bond acceptors (Lipinski definition) is 5. The van der Waals surface area contributed by atoms with E-state index in [0.29, 0.717) is 40.7 Å². The van der Waals surface area contributed by atoms with Crippen LogP contribution in [0.3, 0.4) is 0 Å². The first-order chi connectivity index (χ1) is 17.2. The van der Waals surface area contributed by atoms with Crippen molar-refractivity contribution in [2.75, 3.05) is 19.7 Å². The highest BCUT2D eigenvalue weighted by atomic mass is 19.3. The summed E-state index contributed by atoms with van der Waals surface area (Å²) in [5, 5.41) is 2.67. The first kappa shape index (κ1) is 24.1. The zero-order valence-corrected chi connectivity index (χ0v) is 19.9. The number of benzene rings is 1. The molecule has 1 aliphatic carbocycles. The molecule has 0 spiro atoms. The van der Waals surface area contributed by atoms with E-state index in [0.717, 1.165) is 12.8 Å². The molecular formula is C25H26F3N5O3. The minimum atomic E-state index is -2.68. The number of nitrogens with zero attached hydrogens (tertiary/aromatic N) is 3. The van der Waals surface area contributed by atoms with Crippen molar-refractivity contribution in [1.82, 2.24) is 25.2 Å². The van der Waals surface area contributed by atoms with Crippen molar-refractivity contribution in [3.8, 4) is 17.0 Å². The average Bonchev–Trinajstić information content (AvgIpc) is 3.50. The van der Waals surface area contributed by atoms with E-state index < -0.39 is 24.5 Å². The number of H-pyrrole nitrogens is 1. The van der Waals surface area contributed by atoms with Gasteiger partial charge in [0, 0.05) is 30.3 Å². The number of carbonyl (C=O) groups is 2. The Morgan fingerprint density at radius 1 is 1.25 bits per heavy atom. The SMILES string of the molecule is CC(=O)N1C[C@@H](F)[C@H](NC(=O)c2c(C)[nH]c3c(-c4cc(C(F)F)ccc4OCC4CC4)ncnc23)C1. The number of rotatable bonds is 7. The molecule has 1 saturated carbocycles. The number of aryl methyl sites for hydroxylation is 1. The fourth-order valence-electron chi connectivity index (χ4n) is 4.49. The second kappa shape index (κ2) is 9.44. The number of aromatic nitrogens is 3. The van der Waals surface area contributed by atoms with Crippen molar-refractivity contribution in [2.24, 2.45) is 5.92 Å². The standard InChI is InChI=1S/C25H26F3N5O3/c1-12-20(25(35)32-18-9-33(13(2)34)8-17(18)26)22-23(31-12)21(29-11-30-22)16-7-15(24(27)28)5-6-19(16)36-10-14-3-4-14/h5-7,11,14,17-18,24,31H,3-4,8-10H2,1-2H3,(H,32,35)/t17-,18-/m1/s1. The number of aromatic amines is 1. The molecule has 3 aromatic rings. The lowest BCUT2D eigenvalue weighted by molar-refractivity contribution is -0.128. The van der Waals surface area contributed by atoms with Gasteiger partial charge in [0.05, 0.1) is 30.3 Å². The molecule has 2 aromatic heterocycles. The van der Waals surface area contributed by atoms with Gasteiger partial charge in [-0.15, -0.1) is 0 Å². The molecule has 2 aliphatic rings. The third kappa shape index (κ3) is 4.61. The predicted molar refractivity (Wildman–Crippen MR) is 126 cm³/mol. The van der Waals surface area contributed by atoms with E-state index in [4.69, 9.17) is 4.74 Å². The fourth-order valence-corrected chi connectivity index (χ4v) is 4.49. The van der Waals surface area contributed by atoms with Gasteiger partial charge in [-0.2, -0.15) is 0 Å². The molecule has 2 N–H and O–H groups in total. The number of carbonyl (C=O) groups excluding carboxylic acids is 2. The molecular weight excluding hydrogens is 475 g/mol. The van der Waals surface area contributed by atoms with Crippen LogP contribution in [0.2, 0.25) is 0 Å². The molecule has 0 radical (unpaired) electrons. The summed E-state index contributed by atoms with van der Waals surface area (Å²) in [6.45, 7) is 3.50. The number of halogens is 3. The van der Waals surface area contributed by atoms with Crippen molar-refractivity contribution in [1.29, 1.82) is 0 Å². The van der Waals surface area contributed by atoms with Gasteiger partial charge in [-0.1, -0.05) is 0 Å². The molecule has 11 heteroatoms. The van der Waals surface area contributed by atoms with Crippen LogP contribution in [-0.2, 0) is 4.79 Å². The van der Waals surface area contributed by atoms with Crippen LogP contribution >= 0.6 is 0 Å². The van der Waals surface area contributed by atoms with Gasteiger partial charge in [0.25, 0.3) is 12.3 Å². The summed E-state index contributed by atoms with van der Waals surface area (Å²) in [4.78, 5) is 37.8. The summed E-state index contributed by atoms with van der Waals surface area (Å²) in [7, 11) is 0. The lowest BCUT2D eigenvalue weighted by Crippen LogP contribution is -2.41. The second-order valence-corrected chi connectivity index (χ2v) is 9.40. The molecule has 1 aromatic carbocycles. The van der Waals surface area contributed by atoms with Crippen molar-refractivity contribution in [3.63, 3.8) is 0 Å². The van der Waals surface area contributed by atoms with Gasteiger partial charge in [-0.3, -0.25) is 9.59 Å². The van der Waals surface area contributed by atoms with E-state index in [1.807, 2.05) is 0 Å². The van der Waals surface area contributed by atoms with Gasteiger partial charge in [-0.05, 0) is 43.9 Å². The maximum atomic E-state index is 14.5. The third-order valence-corrected chi connectivity index (χ3v) is 6.69. The van der Waals surface area contributed by atoms with Crippen LogP contribution in [0.25, 0.3) is 22.3 Å². The van der Waals surface area contributed by atoms with E-state index in [1.54, 1.807) is 6.92 Å². The second-order valence-electron chi connectivity index (χ2n) is 9.40. The summed E-state index contributed by atoms with van der Waals surface area (Å²) >= 11 is 0. The largest absolute Gasteiger partial charge is 0.493 e. The van der Waals surface area contributed by atoms with Crippen molar-refractivity contribution >= 4 is 22.8 Å². The van der Waals surface area contributed by atoms with Crippen molar-refractivity contribution in [3.05, 3.63) is 41.3 Å². The normalized spacial score (nSPS) is 19.8. The van der Waals surface area contributed by atoms with Crippen LogP contribution in [0.4, 0.5) is 13.2 Å². The Labute approximate surface area is 205 Å². The number of fused-ring (bicyclic) bond motifs is 1. The first-order valence-corrected chi connectivity index (χ1v) is 11.8. The quantitative estimate of drug-likeness (QED) is 0.511. The highest BCUT2D eigenvalue weighted by Gasteiger charge is 2.36. The van der Waals surface area contributed by atoms with Gasteiger partial charge in [0.1, 0.15) is 29.5 Å². The summed E-state index contributed by atoms with van der Waals surface area (Å²) in [5.41, 5.74) is 1.84. The van der Waals surface area contributed by atoms with E-state index in [-0.39, 0.29) is 35.6 Å². The Morgan fingerprint density at radius 2 is 2.03 bits per heavy atom. The zero-order chi connectivity index (χ0) is 25.6. The number of nitrogens with one attached hydrogen (secondary N) is 2. The van der Waals surface area contributed by atoms with E-state index in [1.165, 1.54) is 36.4 Å². The van der Waals surface area contributed by atoms with E-state index >= 15 is 0 Å². The third-order valence-electron chi connectivity index (χ3n) is 6.69. The molecule has 3 heterocycles. The molecule has 1 aliphatic heterocycles. The average molecular weight is 502 g/mol. The summed E-state index contributed by atoms with van der Waals surface area (Å²) in [6, 6.07) is 3.33. The lowest BCUT2D eigenvalue weighted by atomic mass is 10.0. The molecule has 0 unspecified atom stereocenters. The van der Waals surface area contributed by atoms with Gasteiger partial charge in [0.15, 0.2) is 0 Å². The maximum absolute atomic E-state index is 14.5. The van der Waals surface area contributed by atoms with Crippen LogP contribution < -0.4 is 10.1 Å². The van der Waals surface area contributed by atoms with E-state index in [9.17, 15) is 22.8 Å². The Bertz CT molecular complexity index is 1320. The first-order valence-electron chi connectivity index (χ1n) is 11.8. The summed E-state index contributed by atoms with van der Waals surface area (Å²) < 4.78 is 47.4. The van der Waals surface area contributed by atoms with Crippen LogP contribution in [-0.4, -0.2) is 63.6 Å². The Hall–Kier alpha value is -3.63. The molecule has 36 heavy (non-hydrogen) atoms. The molecule has 2 atom stereocenters. The Morgan fingerprint density at radius 3 is 2.69 bits per heavy atom. The number of ether oxygens (including phenoxy) is 1. The van der Waals surface area contributed by atoms with Gasteiger partial charge < -0.3 is 19.9 Å². The van der Waals surface area contributed by atoms with E-state index in [2.05, 4.69) is 20.3 Å². The molecule has 8 nitrogen and oxygen atoms in total. The highest BCUT2D eigenvalue weighted by molar-refractivity contribution is 6.09. The van der Waals surface area contributed by atoms with Crippen LogP contribution in [0.15, 0.2) is 24.5 Å². The highest BCUT2D eigenvalue weighted by Crippen LogP contribution is 2.38. The molecule has 1 saturated heterocycles. The van der Waals surface area contributed by atoms with Gasteiger partial charge in [0.2, 0.25) is 5.91 Å². The lowest BCUT2D eigenvalue weighted by Gasteiger charge is -2.15. The number of amides is 2. The molecule has 0 bridgehead atoms. The topological polar surface area (TPSA) is 100 Å². The smallest absolute Gasteiger partial charge is 0.263 e. The summed E-state index contributed by atoms with van der Waals surface area (Å²) in [6.07, 6.45) is -0.674. The minimum absolute atomic E-state index is 0.0754. The summed E-state index contributed by atoms with van der Waals surface area (Å²) in [5.74, 6) is 0.0591. The molecule has 2 amide bonds. The Kier molecular flexibility index (Phi) is 6.31. The fraction of sp³-hybridized carbons (Fsp3) is 0.440.